The molecule has 4 rings (SSSR count). The molecule has 3 aliphatic heterocycles. The molecule has 1 unspecified atom stereocenters. The van der Waals surface area contributed by atoms with Gasteiger partial charge in [-0.15, -0.1) is 0 Å². The van der Waals surface area contributed by atoms with Crippen LogP contribution in [0, 0.1) is 5.92 Å². The van der Waals surface area contributed by atoms with E-state index in [0.29, 0.717) is 32.5 Å². The van der Waals surface area contributed by atoms with Crippen molar-refractivity contribution in [2.45, 2.75) is 62.8 Å². The van der Waals surface area contributed by atoms with Gasteiger partial charge in [-0.3, -0.25) is 4.79 Å². The number of ketones is 1. The zero-order valence-corrected chi connectivity index (χ0v) is 12.3. The third-order valence-corrected chi connectivity index (χ3v) is 4.82. The van der Waals surface area contributed by atoms with Crippen molar-refractivity contribution >= 4 is 5.78 Å². The summed E-state index contributed by atoms with van der Waals surface area (Å²) in [4.78, 5) is 11.7. The SMILES string of the molecule is CC12COC(CC3CCCCCC(=O)C3(F)F)(CO1)OC2. The highest BCUT2D eigenvalue weighted by Gasteiger charge is 2.55. The lowest BCUT2D eigenvalue weighted by Crippen LogP contribution is -2.63. The molecular formula is C15H22F2O4. The third kappa shape index (κ3) is 2.85. The molecule has 4 fully saturated rings. The summed E-state index contributed by atoms with van der Waals surface area (Å²) in [6.45, 7) is 2.73. The Kier molecular flexibility index (Phi) is 3.83. The van der Waals surface area contributed by atoms with Crippen molar-refractivity contribution in [1.82, 2.24) is 0 Å². The highest BCUT2D eigenvalue weighted by molar-refractivity contribution is 5.86. The first-order valence-electron chi connectivity index (χ1n) is 7.68. The van der Waals surface area contributed by atoms with Gasteiger partial charge in [-0.2, -0.15) is 8.78 Å². The Balaban J connectivity index is 1.74. The predicted molar refractivity (Wildman–Crippen MR) is 70.1 cm³/mol. The summed E-state index contributed by atoms with van der Waals surface area (Å²) in [5.74, 6) is -6.37. The summed E-state index contributed by atoms with van der Waals surface area (Å²) in [5, 5.41) is 0. The van der Waals surface area contributed by atoms with Crippen LogP contribution in [0.25, 0.3) is 0 Å². The van der Waals surface area contributed by atoms with E-state index in [4.69, 9.17) is 14.2 Å². The van der Waals surface area contributed by atoms with E-state index in [1.807, 2.05) is 6.92 Å². The van der Waals surface area contributed by atoms with Gasteiger partial charge < -0.3 is 14.2 Å². The van der Waals surface area contributed by atoms with Crippen LogP contribution in [0.1, 0.15) is 45.4 Å². The van der Waals surface area contributed by atoms with Crippen molar-refractivity contribution in [3.05, 3.63) is 0 Å². The number of hydrogen-bond acceptors (Lipinski definition) is 4. The summed E-state index contributed by atoms with van der Waals surface area (Å²) in [6, 6.07) is 0. The van der Waals surface area contributed by atoms with E-state index < -0.39 is 29.0 Å². The minimum atomic E-state index is -3.29. The van der Waals surface area contributed by atoms with Crippen LogP contribution in [0.3, 0.4) is 0 Å². The van der Waals surface area contributed by atoms with Gasteiger partial charge in [0.2, 0.25) is 5.78 Å². The lowest BCUT2D eigenvalue weighted by atomic mass is 9.82. The summed E-state index contributed by atoms with van der Waals surface area (Å²) in [6.07, 6.45) is 2.39. The zero-order chi connectivity index (χ0) is 15.1. The maximum atomic E-state index is 14.4. The Hall–Kier alpha value is -0.590. The molecular weight excluding hydrogens is 282 g/mol. The van der Waals surface area contributed by atoms with Crippen LogP contribution in [0.15, 0.2) is 0 Å². The Morgan fingerprint density at radius 1 is 1.10 bits per heavy atom. The van der Waals surface area contributed by atoms with Crippen LogP contribution in [-0.2, 0) is 19.0 Å². The number of carbonyl (C=O) groups is 1. The quantitative estimate of drug-likeness (QED) is 0.787. The predicted octanol–water partition coefficient (Wildman–Crippen LogP) is 2.69. The largest absolute Gasteiger partial charge is 0.365 e. The smallest absolute Gasteiger partial charge is 0.308 e. The van der Waals surface area contributed by atoms with E-state index in [2.05, 4.69) is 0 Å². The van der Waals surface area contributed by atoms with Crippen molar-refractivity contribution < 1.29 is 27.8 Å². The van der Waals surface area contributed by atoms with E-state index >= 15 is 0 Å². The van der Waals surface area contributed by atoms with Crippen LogP contribution in [0.5, 0.6) is 0 Å². The van der Waals surface area contributed by atoms with Crippen molar-refractivity contribution in [3.8, 4) is 0 Å². The molecule has 21 heavy (non-hydrogen) atoms. The molecule has 0 aromatic carbocycles. The summed E-state index contributed by atoms with van der Waals surface area (Å²) < 4.78 is 45.7. The number of rotatable bonds is 2. The first-order valence-corrected chi connectivity index (χ1v) is 7.68. The fourth-order valence-electron chi connectivity index (χ4n) is 3.31. The molecule has 0 aromatic heterocycles. The van der Waals surface area contributed by atoms with E-state index in [1.165, 1.54) is 0 Å². The maximum absolute atomic E-state index is 14.4. The van der Waals surface area contributed by atoms with Crippen molar-refractivity contribution in [1.29, 1.82) is 0 Å². The van der Waals surface area contributed by atoms with Crippen LogP contribution < -0.4 is 0 Å². The molecule has 4 nitrogen and oxygen atoms in total. The van der Waals surface area contributed by atoms with E-state index in [1.54, 1.807) is 0 Å². The summed E-state index contributed by atoms with van der Waals surface area (Å²) in [7, 11) is 0. The number of fused-ring (bicyclic) bond motifs is 3. The molecule has 3 saturated heterocycles. The lowest BCUT2D eigenvalue weighted by Gasteiger charge is -2.52. The van der Waals surface area contributed by atoms with Gasteiger partial charge >= 0.3 is 5.92 Å². The first-order chi connectivity index (χ1) is 9.85. The average molecular weight is 304 g/mol. The van der Waals surface area contributed by atoms with Gasteiger partial charge in [0.15, 0.2) is 5.79 Å². The average Bonchev–Trinajstić information content (AvgIpc) is 2.46. The van der Waals surface area contributed by atoms with Gasteiger partial charge in [-0.05, 0) is 19.8 Å². The van der Waals surface area contributed by atoms with E-state index in [-0.39, 0.29) is 19.4 Å². The van der Waals surface area contributed by atoms with Crippen LogP contribution in [0.2, 0.25) is 0 Å². The van der Waals surface area contributed by atoms with Crippen LogP contribution in [-0.4, -0.2) is 42.9 Å². The Labute approximate surface area is 123 Å². The summed E-state index contributed by atoms with van der Waals surface area (Å²) in [5.41, 5.74) is -0.471. The second-order valence-electron chi connectivity index (χ2n) is 6.77. The first kappa shape index (κ1) is 15.3. The fraction of sp³-hybridized carbons (Fsp3) is 0.933. The lowest BCUT2D eigenvalue weighted by molar-refractivity contribution is -0.399. The zero-order valence-electron chi connectivity index (χ0n) is 12.3. The van der Waals surface area contributed by atoms with E-state index in [0.717, 1.165) is 6.42 Å². The molecule has 3 heterocycles. The van der Waals surface area contributed by atoms with Crippen molar-refractivity contribution in [3.63, 3.8) is 0 Å². The Morgan fingerprint density at radius 3 is 2.43 bits per heavy atom. The number of hydrogen-bond donors (Lipinski definition) is 0. The molecule has 6 heteroatoms. The second kappa shape index (κ2) is 5.25. The molecule has 1 saturated carbocycles. The number of Topliss-reactive ketones (excluding diaryl/α,β-unsaturated/α-hetero) is 1. The minimum Gasteiger partial charge on any atom is -0.365 e. The molecule has 0 aromatic rings. The maximum Gasteiger partial charge on any atom is 0.308 e. The second-order valence-corrected chi connectivity index (χ2v) is 6.77. The van der Waals surface area contributed by atoms with Gasteiger partial charge in [0, 0.05) is 18.8 Å². The number of alkyl halides is 2. The molecule has 0 spiro atoms. The third-order valence-electron chi connectivity index (χ3n) is 4.82. The molecule has 1 atom stereocenters. The topological polar surface area (TPSA) is 44.8 Å². The number of ether oxygens (including phenoxy) is 3. The minimum absolute atomic E-state index is 0.0157. The molecule has 120 valence electrons. The molecule has 2 bridgehead atoms. The molecule has 0 radical (unpaired) electrons. The van der Waals surface area contributed by atoms with Gasteiger partial charge in [-0.1, -0.05) is 12.8 Å². The number of halogens is 2. The monoisotopic (exact) mass is 304 g/mol. The van der Waals surface area contributed by atoms with Gasteiger partial charge in [0.25, 0.3) is 0 Å². The fourth-order valence-corrected chi connectivity index (χ4v) is 3.31. The van der Waals surface area contributed by atoms with Gasteiger partial charge in [0.1, 0.15) is 12.2 Å². The number of carbonyl (C=O) groups excluding carboxylic acids is 1. The van der Waals surface area contributed by atoms with E-state index in [9.17, 15) is 13.6 Å². The normalized spacial score (nSPS) is 43.4. The van der Waals surface area contributed by atoms with Crippen molar-refractivity contribution in [2.75, 3.05) is 19.8 Å². The van der Waals surface area contributed by atoms with Crippen LogP contribution >= 0.6 is 0 Å². The molecule has 1 aliphatic carbocycles. The molecule has 0 amide bonds. The van der Waals surface area contributed by atoms with Gasteiger partial charge in [0.05, 0.1) is 13.2 Å². The molecule has 4 aliphatic rings. The van der Waals surface area contributed by atoms with Crippen LogP contribution in [0.4, 0.5) is 8.78 Å². The summed E-state index contributed by atoms with van der Waals surface area (Å²) >= 11 is 0. The standard InChI is InChI=1S/C15H22F2O4/c1-13-8-20-14(10-19-13,21-9-13)7-11-5-3-2-4-6-12(18)15(11,16)17/h11H,2-10H2,1H3. The van der Waals surface area contributed by atoms with Gasteiger partial charge in [-0.25, -0.2) is 0 Å². The Morgan fingerprint density at radius 2 is 1.81 bits per heavy atom. The molecule has 0 N–H and O–H groups in total. The highest BCUT2D eigenvalue weighted by atomic mass is 19.3. The van der Waals surface area contributed by atoms with Crippen molar-refractivity contribution in [2.24, 2.45) is 5.92 Å². The highest BCUT2D eigenvalue weighted by Crippen LogP contribution is 2.44. The Bertz CT molecular complexity index is 399.